The summed E-state index contributed by atoms with van der Waals surface area (Å²) in [5.74, 6) is -0.330. The van der Waals surface area contributed by atoms with Gasteiger partial charge < -0.3 is 10.1 Å². The van der Waals surface area contributed by atoms with E-state index in [1.54, 1.807) is 6.20 Å². The van der Waals surface area contributed by atoms with Crippen LogP contribution in [0.3, 0.4) is 0 Å². The number of aromatic nitrogens is 1. The first-order valence-corrected chi connectivity index (χ1v) is 6.22. The molecule has 0 bridgehead atoms. The monoisotopic (exact) mass is 250 g/mol. The minimum absolute atomic E-state index is 0.159. The van der Waals surface area contributed by atoms with Crippen LogP contribution in [0.4, 0.5) is 0 Å². The number of ether oxygens (including phenoxy) is 1. The van der Waals surface area contributed by atoms with Gasteiger partial charge in [0.05, 0.1) is 11.6 Å². The van der Waals surface area contributed by atoms with Gasteiger partial charge >= 0.3 is 5.97 Å². The van der Waals surface area contributed by atoms with E-state index in [4.69, 9.17) is 4.74 Å². The maximum absolute atomic E-state index is 11.7. The molecule has 0 saturated carbocycles. The lowest BCUT2D eigenvalue weighted by Gasteiger charge is -2.22. The van der Waals surface area contributed by atoms with Gasteiger partial charge in [-0.1, -0.05) is 13.0 Å². The summed E-state index contributed by atoms with van der Waals surface area (Å²) in [4.78, 5) is 15.9. The Balaban J connectivity index is 2.29. The molecule has 0 saturated heterocycles. The van der Waals surface area contributed by atoms with Crippen LogP contribution in [-0.2, 0) is 16.1 Å². The van der Waals surface area contributed by atoms with Crippen LogP contribution in [0.15, 0.2) is 24.4 Å². The van der Waals surface area contributed by atoms with Crippen molar-refractivity contribution in [3.63, 3.8) is 0 Å². The van der Waals surface area contributed by atoms with Gasteiger partial charge in [0.25, 0.3) is 0 Å². The van der Waals surface area contributed by atoms with E-state index in [-0.39, 0.29) is 11.9 Å². The molecule has 1 aromatic rings. The molecular formula is C14H22N2O2. The zero-order chi connectivity index (χ0) is 13.6. The third-order valence-corrected chi connectivity index (χ3v) is 2.29. The van der Waals surface area contributed by atoms with Gasteiger partial charge in [0.15, 0.2) is 0 Å². The molecule has 1 aromatic heterocycles. The van der Waals surface area contributed by atoms with Crippen LogP contribution in [-0.4, -0.2) is 23.1 Å². The predicted octanol–water partition coefficient (Wildman–Crippen LogP) is 2.15. The summed E-state index contributed by atoms with van der Waals surface area (Å²) < 4.78 is 5.31. The van der Waals surface area contributed by atoms with Crippen molar-refractivity contribution in [2.75, 3.05) is 6.54 Å². The van der Waals surface area contributed by atoms with Crippen LogP contribution >= 0.6 is 0 Å². The molecule has 0 aliphatic rings. The molecule has 4 heteroatoms. The summed E-state index contributed by atoms with van der Waals surface area (Å²) in [6.07, 6.45) is 1.76. The summed E-state index contributed by atoms with van der Waals surface area (Å²) in [5.41, 5.74) is 0.542. The molecule has 0 radical (unpaired) electrons. The number of hydrogen-bond acceptors (Lipinski definition) is 4. The van der Waals surface area contributed by atoms with Crippen molar-refractivity contribution >= 4 is 5.97 Å². The highest BCUT2D eigenvalue weighted by Gasteiger charge is 2.21. The van der Waals surface area contributed by atoms with Gasteiger partial charge in [-0.25, -0.2) is 0 Å². The van der Waals surface area contributed by atoms with Crippen LogP contribution in [0.1, 0.15) is 33.4 Å². The van der Waals surface area contributed by atoms with E-state index < -0.39 is 5.60 Å². The zero-order valence-electron chi connectivity index (χ0n) is 11.6. The van der Waals surface area contributed by atoms with Gasteiger partial charge in [-0.3, -0.25) is 9.78 Å². The Morgan fingerprint density at radius 1 is 1.44 bits per heavy atom. The first-order chi connectivity index (χ1) is 8.38. The molecule has 0 aliphatic heterocycles. The summed E-state index contributed by atoms with van der Waals surface area (Å²) in [7, 11) is 0. The zero-order valence-corrected chi connectivity index (χ0v) is 11.6. The molecule has 1 rings (SSSR count). The van der Waals surface area contributed by atoms with Crippen molar-refractivity contribution in [2.24, 2.45) is 5.92 Å². The Hall–Kier alpha value is -1.42. The maximum Gasteiger partial charge on any atom is 0.310 e. The smallest absolute Gasteiger partial charge is 0.310 e. The topological polar surface area (TPSA) is 51.2 Å². The molecule has 1 unspecified atom stereocenters. The van der Waals surface area contributed by atoms with Gasteiger partial charge in [-0.2, -0.15) is 0 Å². The fraction of sp³-hybridized carbons (Fsp3) is 0.571. The van der Waals surface area contributed by atoms with Gasteiger partial charge in [0, 0.05) is 19.3 Å². The molecule has 1 N–H and O–H groups in total. The molecule has 1 heterocycles. The highest BCUT2D eigenvalue weighted by molar-refractivity contribution is 5.72. The molecule has 0 spiro atoms. The van der Waals surface area contributed by atoms with E-state index in [9.17, 15) is 4.79 Å². The summed E-state index contributed by atoms with van der Waals surface area (Å²) in [6.45, 7) is 8.73. The van der Waals surface area contributed by atoms with Crippen molar-refractivity contribution in [3.8, 4) is 0 Å². The van der Waals surface area contributed by atoms with E-state index >= 15 is 0 Å². The normalized spacial score (nSPS) is 13.1. The highest BCUT2D eigenvalue weighted by atomic mass is 16.6. The van der Waals surface area contributed by atoms with E-state index in [0.29, 0.717) is 13.1 Å². The third kappa shape index (κ3) is 5.77. The first-order valence-electron chi connectivity index (χ1n) is 6.22. The van der Waals surface area contributed by atoms with Gasteiger partial charge in [-0.05, 0) is 32.9 Å². The second-order valence-corrected chi connectivity index (χ2v) is 5.39. The number of rotatable bonds is 5. The quantitative estimate of drug-likeness (QED) is 0.814. The first kappa shape index (κ1) is 14.6. The molecule has 4 nitrogen and oxygen atoms in total. The standard InChI is InChI=1S/C14H22N2O2/c1-11(13(17)18-14(2,3)4)9-15-10-12-7-5-6-8-16-12/h5-8,11,15H,9-10H2,1-4H3. The fourth-order valence-corrected chi connectivity index (χ4v) is 1.41. The average molecular weight is 250 g/mol. The minimum atomic E-state index is -0.424. The molecule has 18 heavy (non-hydrogen) atoms. The van der Waals surface area contributed by atoms with Gasteiger partial charge in [0.2, 0.25) is 0 Å². The number of carbonyl (C=O) groups excluding carboxylic acids is 1. The largest absolute Gasteiger partial charge is 0.460 e. The van der Waals surface area contributed by atoms with Gasteiger partial charge in [0.1, 0.15) is 5.60 Å². The molecule has 0 amide bonds. The van der Waals surface area contributed by atoms with Crippen molar-refractivity contribution in [1.29, 1.82) is 0 Å². The lowest BCUT2D eigenvalue weighted by molar-refractivity contribution is -0.159. The molecule has 100 valence electrons. The van der Waals surface area contributed by atoms with Gasteiger partial charge in [-0.15, -0.1) is 0 Å². The fourth-order valence-electron chi connectivity index (χ4n) is 1.41. The number of nitrogens with zero attached hydrogens (tertiary/aromatic N) is 1. The second-order valence-electron chi connectivity index (χ2n) is 5.39. The van der Waals surface area contributed by atoms with Crippen LogP contribution in [0.25, 0.3) is 0 Å². The third-order valence-electron chi connectivity index (χ3n) is 2.29. The van der Waals surface area contributed by atoms with Crippen molar-refractivity contribution < 1.29 is 9.53 Å². The number of esters is 1. The molecule has 0 aromatic carbocycles. The molecular weight excluding hydrogens is 228 g/mol. The summed E-state index contributed by atoms with van der Waals surface area (Å²) >= 11 is 0. The average Bonchev–Trinajstić information content (AvgIpc) is 2.28. The predicted molar refractivity (Wildman–Crippen MR) is 71.0 cm³/mol. The highest BCUT2D eigenvalue weighted by Crippen LogP contribution is 2.10. The molecule has 1 atom stereocenters. The van der Waals surface area contributed by atoms with E-state index in [1.165, 1.54) is 0 Å². The van der Waals surface area contributed by atoms with E-state index in [2.05, 4.69) is 10.3 Å². The number of pyridine rings is 1. The lowest BCUT2D eigenvalue weighted by atomic mass is 10.1. The lowest BCUT2D eigenvalue weighted by Crippen LogP contribution is -2.32. The molecule has 0 fully saturated rings. The Labute approximate surface area is 109 Å². The van der Waals surface area contributed by atoms with Crippen molar-refractivity contribution in [2.45, 2.75) is 39.8 Å². The maximum atomic E-state index is 11.7. The Kier molecular flexibility index (Phi) is 5.28. The second kappa shape index (κ2) is 6.50. The Morgan fingerprint density at radius 2 is 2.17 bits per heavy atom. The van der Waals surface area contributed by atoms with E-state index in [1.807, 2.05) is 45.9 Å². The SMILES string of the molecule is CC(CNCc1ccccn1)C(=O)OC(C)(C)C. The Morgan fingerprint density at radius 3 is 2.72 bits per heavy atom. The summed E-state index contributed by atoms with van der Waals surface area (Å²) in [5, 5.41) is 3.20. The van der Waals surface area contributed by atoms with Crippen molar-refractivity contribution in [1.82, 2.24) is 10.3 Å². The van der Waals surface area contributed by atoms with Crippen LogP contribution in [0.2, 0.25) is 0 Å². The number of hydrogen-bond donors (Lipinski definition) is 1. The minimum Gasteiger partial charge on any atom is -0.460 e. The summed E-state index contributed by atoms with van der Waals surface area (Å²) in [6, 6.07) is 5.78. The van der Waals surface area contributed by atoms with Crippen LogP contribution < -0.4 is 5.32 Å². The van der Waals surface area contributed by atoms with Crippen LogP contribution in [0.5, 0.6) is 0 Å². The van der Waals surface area contributed by atoms with Crippen LogP contribution in [0, 0.1) is 5.92 Å². The number of nitrogens with one attached hydrogen (secondary N) is 1. The molecule has 0 aliphatic carbocycles. The van der Waals surface area contributed by atoms with Crippen molar-refractivity contribution in [3.05, 3.63) is 30.1 Å². The van der Waals surface area contributed by atoms with E-state index in [0.717, 1.165) is 5.69 Å². The number of carbonyl (C=O) groups is 1. The Bertz CT molecular complexity index is 371.